The van der Waals surface area contributed by atoms with E-state index in [1.54, 1.807) is 0 Å². The number of rotatable bonds is 5. The van der Waals surface area contributed by atoms with Gasteiger partial charge in [0.2, 0.25) is 0 Å². The van der Waals surface area contributed by atoms with Gasteiger partial charge >= 0.3 is 0 Å². The summed E-state index contributed by atoms with van der Waals surface area (Å²) >= 11 is 0. The first-order valence-electron chi connectivity index (χ1n) is 6.20. The van der Waals surface area contributed by atoms with Gasteiger partial charge < -0.3 is 16.0 Å². The van der Waals surface area contributed by atoms with Gasteiger partial charge in [0.1, 0.15) is 0 Å². The van der Waals surface area contributed by atoms with Crippen LogP contribution in [0.4, 0.5) is 0 Å². The summed E-state index contributed by atoms with van der Waals surface area (Å²) in [5.41, 5.74) is 8.23. The van der Waals surface area contributed by atoms with E-state index in [1.807, 2.05) is 6.20 Å². The number of hydrogen-bond acceptors (Lipinski definition) is 2. The Labute approximate surface area is 102 Å². The first-order valence-corrected chi connectivity index (χ1v) is 6.20. The molecule has 1 aromatic carbocycles. The minimum atomic E-state index is 0.386. The molecule has 0 aliphatic carbocycles. The SMILES string of the molecule is CC(C)C(CN)NCc1ccc2[nH]ccc2c1. The van der Waals surface area contributed by atoms with Crippen LogP contribution in [0.15, 0.2) is 30.5 Å². The van der Waals surface area contributed by atoms with E-state index in [2.05, 4.69) is 48.4 Å². The van der Waals surface area contributed by atoms with Crippen molar-refractivity contribution in [3.63, 3.8) is 0 Å². The van der Waals surface area contributed by atoms with Gasteiger partial charge in [0.05, 0.1) is 0 Å². The summed E-state index contributed by atoms with van der Waals surface area (Å²) < 4.78 is 0. The van der Waals surface area contributed by atoms with Gasteiger partial charge in [0.15, 0.2) is 0 Å². The first-order chi connectivity index (χ1) is 8.20. The molecule has 92 valence electrons. The van der Waals surface area contributed by atoms with Crippen molar-refractivity contribution in [3.8, 4) is 0 Å². The lowest BCUT2D eigenvalue weighted by atomic mass is 10.0. The molecule has 1 atom stereocenters. The maximum Gasteiger partial charge on any atom is 0.0454 e. The van der Waals surface area contributed by atoms with Crippen LogP contribution in [0.5, 0.6) is 0 Å². The third-order valence-corrected chi connectivity index (χ3v) is 3.24. The number of benzene rings is 1. The van der Waals surface area contributed by atoms with Crippen molar-refractivity contribution in [2.75, 3.05) is 6.54 Å². The van der Waals surface area contributed by atoms with Crippen LogP contribution >= 0.6 is 0 Å². The van der Waals surface area contributed by atoms with Gasteiger partial charge in [-0.3, -0.25) is 0 Å². The highest BCUT2D eigenvalue weighted by Gasteiger charge is 2.10. The van der Waals surface area contributed by atoms with Gasteiger partial charge in [-0.15, -0.1) is 0 Å². The number of aromatic amines is 1. The topological polar surface area (TPSA) is 53.8 Å². The van der Waals surface area contributed by atoms with Crippen LogP contribution in [-0.4, -0.2) is 17.6 Å². The fourth-order valence-electron chi connectivity index (χ4n) is 2.05. The molecule has 0 aliphatic rings. The Morgan fingerprint density at radius 1 is 1.29 bits per heavy atom. The van der Waals surface area contributed by atoms with Crippen molar-refractivity contribution in [2.45, 2.75) is 26.4 Å². The molecule has 0 radical (unpaired) electrons. The highest BCUT2D eigenvalue weighted by molar-refractivity contribution is 5.79. The van der Waals surface area contributed by atoms with E-state index in [4.69, 9.17) is 5.73 Å². The third kappa shape index (κ3) is 2.87. The molecule has 1 heterocycles. The number of fused-ring (bicyclic) bond motifs is 1. The van der Waals surface area contributed by atoms with E-state index < -0.39 is 0 Å². The van der Waals surface area contributed by atoms with Crippen molar-refractivity contribution >= 4 is 10.9 Å². The lowest BCUT2D eigenvalue weighted by Gasteiger charge is -2.20. The maximum atomic E-state index is 5.74. The summed E-state index contributed by atoms with van der Waals surface area (Å²) in [4.78, 5) is 3.20. The normalized spacial score (nSPS) is 13.4. The number of nitrogens with two attached hydrogens (primary N) is 1. The van der Waals surface area contributed by atoms with Crippen LogP contribution in [0.3, 0.4) is 0 Å². The fraction of sp³-hybridized carbons (Fsp3) is 0.429. The molecule has 0 fully saturated rings. The maximum absolute atomic E-state index is 5.74. The minimum absolute atomic E-state index is 0.386. The molecular formula is C14H21N3. The van der Waals surface area contributed by atoms with Crippen molar-refractivity contribution in [1.82, 2.24) is 10.3 Å². The van der Waals surface area contributed by atoms with Gasteiger partial charge in [-0.2, -0.15) is 0 Å². The Hall–Kier alpha value is -1.32. The van der Waals surface area contributed by atoms with Crippen molar-refractivity contribution in [2.24, 2.45) is 11.7 Å². The predicted octanol–water partition coefficient (Wildman–Crippen LogP) is 2.24. The van der Waals surface area contributed by atoms with Gasteiger partial charge in [-0.1, -0.05) is 19.9 Å². The van der Waals surface area contributed by atoms with E-state index in [0.29, 0.717) is 18.5 Å². The summed E-state index contributed by atoms with van der Waals surface area (Å²) in [5.74, 6) is 0.566. The number of hydrogen-bond donors (Lipinski definition) is 3. The molecule has 4 N–H and O–H groups in total. The Balaban J connectivity index is 2.02. The smallest absolute Gasteiger partial charge is 0.0454 e. The fourth-order valence-corrected chi connectivity index (χ4v) is 2.05. The second kappa shape index (κ2) is 5.34. The molecule has 0 saturated heterocycles. The second-order valence-electron chi connectivity index (χ2n) is 4.87. The average Bonchev–Trinajstić information content (AvgIpc) is 2.76. The van der Waals surface area contributed by atoms with E-state index in [0.717, 1.165) is 6.54 Å². The molecule has 2 rings (SSSR count). The van der Waals surface area contributed by atoms with Gasteiger partial charge in [-0.25, -0.2) is 0 Å². The number of nitrogens with one attached hydrogen (secondary N) is 2. The first kappa shape index (κ1) is 12.1. The molecule has 1 aromatic heterocycles. The van der Waals surface area contributed by atoms with Gasteiger partial charge in [0, 0.05) is 30.8 Å². The summed E-state index contributed by atoms with van der Waals surface area (Å²) in [6.07, 6.45) is 1.97. The van der Waals surface area contributed by atoms with E-state index in [-0.39, 0.29) is 0 Å². The molecule has 3 nitrogen and oxygen atoms in total. The van der Waals surface area contributed by atoms with E-state index >= 15 is 0 Å². The predicted molar refractivity (Wildman–Crippen MR) is 72.8 cm³/mol. The molecule has 0 amide bonds. The summed E-state index contributed by atoms with van der Waals surface area (Å²) in [6, 6.07) is 8.98. The van der Waals surface area contributed by atoms with Crippen LogP contribution in [0.25, 0.3) is 10.9 Å². The third-order valence-electron chi connectivity index (χ3n) is 3.24. The summed E-state index contributed by atoms with van der Waals surface area (Å²) in [7, 11) is 0. The molecule has 17 heavy (non-hydrogen) atoms. The lowest BCUT2D eigenvalue weighted by molar-refractivity contribution is 0.405. The van der Waals surface area contributed by atoms with Crippen LogP contribution in [0.1, 0.15) is 19.4 Å². The molecule has 1 unspecified atom stereocenters. The summed E-state index contributed by atoms with van der Waals surface area (Å²) in [6.45, 7) is 5.95. The van der Waals surface area contributed by atoms with Crippen LogP contribution < -0.4 is 11.1 Å². The molecule has 0 saturated carbocycles. The molecule has 0 aliphatic heterocycles. The van der Waals surface area contributed by atoms with Crippen LogP contribution in [-0.2, 0) is 6.54 Å². The van der Waals surface area contributed by atoms with Crippen LogP contribution in [0, 0.1) is 5.92 Å². The Morgan fingerprint density at radius 3 is 2.82 bits per heavy atom. The van der Waals surface area contributed by atoms with Crippen molar-refractivity contribution in [1.29, 1.82) is 0 Å². The van der Waals surface area contributed by atoms with Crippen molar-refractivity contribution < 1.29 is 0 Å². The Bertz CT molecular complexity index is 473. The highest BCUT2D eigenvalue weighted by atomic mass is 14.9. The molecular weight excluding hydrogens is 210 g/mol. The largest absolute Gasteiger partial charge is 0.361 e. The standard InChI is InChI=1S/C14H21N3/c1-10(2)14(8-15)17-9-11-3-4-13-12(7-11)5-6-16-13/h3-7,10,14,16-17H,8-9,15H2,1-2H3. The minimum Gasteiger partial charge on any atom is -0.361 e. The van der Waals surface area contributed by atoms with E-state index in [9.17, 15) is 0 Å². The molecule has 2 aromatic rings. The molecule has 3 heteroatoms. The van der Waals surface area contributed by atoms with Gasteiger partial charge in [-0.05, 0) is 35.1 Å². The molecule has 0 spiro atoms. The Kier molecular flexibility index (Phi) is 3.82. The van der Waals surface area contributed by atoms with Crippen LogP contribution in [0.2, 0.25) is 0 Å². The zero-order chi connectivity index (χ0) is 12.3. The number of aromatic nitrogens is 1. The Morgan fingerprint density at radius 2 is 2.12 bits per heavy atom. The zero-order valence-electron chi connectivity index (χ0n) is 10.5. The molecule has 0 bridgehead atoms. The average molecular weight is 231 g/mol. The summed E-state index contributed by atoms with van der Waals surface area (Å²) in [5, 5.41) is 4.77. The van der Waals surface area contributed by atoms with E-state index in [1.165, 1.54) is 16.5 Å². The van der Waals surface area contributed by atoms with Crippen molar-refractivity contribution in [3.05, 3.63) is 36.0 Å². The zero-order valence-corrected chi connectivity index (χ0v) is 10.5. The number of H-pyrrole nitrogens is 1. The van der Waals surface area contributed by atoms with Gasteiger partial charge in [0.25, 0.3) is 0 Å². The second-order valence-corrected chi connectivity index (χ2v) is 4.87. The lowest BCUT2D eigenvalue weighted by Crippen LogP contribution is -2.39. The highest BCUT2D eigenvalue weighted by Crippen LogP contribution is 2.14. The monoisotopic (exact) mass is 231 g/mol. The quantitative estimate of drug-likeness (QED) is 0.739.